The van der Waals surface area contributed by atoms with E-state index in [2.05, 4.69) is 22.4 Å². The monoisotopic (exact) mass is 377 g/mol. The van der Waals surface area contributed by atoms with Crippen LogP contribution in [0.4, 0.5) is 0 Å². The zero-order valence-corrected chi connectivity index (χ0v) is 15.7. The molecule has 0 fully saturated rings. The van der Waals surface area contributed by atoms with Gasteiger partial charge in [0, 0.05) is 18.9 Å². The number of methoxy groups -OCH3 is 1. The molecule has 0 aliphatic carbocycles. The summed E-state index contributed by atoms with van der Waals surface area (Å²) in [5.41, 5.74) is 2.74. The van der Waals surface area contributed by atoms with E-state index in [0.717, 1.165) is 27.6 Å². The Morgan fingerprint density at radius 1 is 1.11 bits per heavy atom. The lowest BCUT2D eigenvalue weighted by Gasteiger charge is -2.03. The van der Waals surface area contributed by atoms with Crippen LogP contribution in [0.2, 0.25) is 0 Å². The smallest absolute Gasteiger partial charge is 0.271 e. The molecule has 0 atom stereocenters. The summed E-state index contributed by atoms with van der Waals surface area (Å²) >= 11 is 1.55. The summed E-state index contributed by atoms with van der Waals surface area (Å²) in [5, 5.41) is 2.93. The number of imidazole rings is 1. The van der Waals surface area contributed by atoms with Crippen LogP contribution in [0.3, 0.4) is 0 Å². The highest BCUT2D eigenvalue weighted by Crippen LogP contribution is 2.29. The van der Waals surface area contributed by atoms with E-state index in [0.29, 0.717) is 12.2 Å². The lowest BCUT2D eigenvalue weighted by molar-refractivity contribution is 0.0950. The zero-order chi connectivity index (χ0) is 18.6. The van der Waals surface area contributed by atoms with Gasteiger partial charge in [-0.25, -0.2) is 4.98 Å². The van der Waals surface area contributed by atoms with Crippen LogP contribution in [-0.2, 0) is 6.42 Å². The molecule has 0 saturated heterocycles. The third-order valence-corrected chi connectivity index (χ3v) is 5.35. The van der Waals surface area contributed by atoms with Crippen LogP contribution in [0.15, 0.2) is 67.0 Å². The van der Waals surface area contributed by atoms with Gasteiger partial charge in [0.25, 0.3) is 5.91 Å². The number of carbonyl (C=O) groups is 1. The Kier molecular flexibility index (Phi) is 4.89. The Labute approximate surface area is 161 Å². The number of hydrogen-bond donors (Lipinski definition) is 1. The van der Waals surface area contributed by atoms with Crippen LogP contribution in [0, 0.1) is 0 Å². The van der Waals surface area contributed by atoms with Crippen LogP contribution in [0.25, 0.3) is 15.4 Å². The Hall–Kier alpha value is -3.12. The van der Waals surface area contributed by atoms with E-state index < -0.39 is 0 Å². The van der Waals surface area contributed by atoms with Gasteiger partial charge in [-0.1, -0.05) is 41.7 Å². The minimum absolute atomic E-state index is 0.146. The molecule has 5 nitrogen and oxygen atoms in total. The lowest BCUT2D eigenvalue weighted by Crippen LogP contribution is -2.25. The Morgan fingerprint density at radius 3 is 2.59 bits per heavy atom. The molecule has 0 spiro atoms. The first-order valence-electron chi connectivity index (χ1n) is 8.68. The highest BCUT2D eigenvalue weighted by molar-refractivity contribution is 7.20. The second-order valence-corrected chi connectivity index (χ2v) is 7.14. The van der Waals surface area contributed by atoms with Crippen LogP contribution in [-0.4, -0.2) is 28.9 Å². The first kappa shape index (κ1) is 17.3. The SMILES string of the molecule is COc1ccc(-c2cn3cc(C(=O)NCCc4ccccc4)nc3s2)cc1. The van der Waals surface area contributed by atoms with Gasteiger partial charge in [0.2, 0.25) is 0 Å². The minimum atomic E-state index is -0.146. The van der Waals surface area contributed by atoms with Gasteiger partial charge in [0.1, 0.15) is 11.4 Å². The number of hydrogen-bond acceptors (Lipinski definition) is 4. The van der Waals surface area contributed by atoms with Crippen molar-refractivity contribution in [1.29, 1.82) is 0 Å². The molecule has 0 bridgehead atoms. The summed E-state index contributed by atoms with van der Waals surface area (Å²) < 4.78 is 7.09. The van der Waals surface area contributed by atoms with Gasteiger partial charge in [-0.2, -0.15) is 0 Å². The molecule has 0 aliphatic heterocycles. The van der Waals surface area contributed by atoms with Crippen molar-refractivity contribution >= 4 is 22.2 Å². The molecule has 0 unspecified atom stereocenters. The van der Waals surface area contributed by atoms with E-state index in [-0.39, 0.29) is 5.91 Å². The van der Waals surface area contributed by atoms with Gasteiger partial charge in [-0.05, 0) is 41.8 Å². The average molecular weight is 377 g/mol. The fourth-order valence-corrected chi connectivity index (χ4v) is 3.82. The summed E-state index contributed by atoms with van der Waals surface area (Å²) in [6.45, 7) is 0.588. The predicted octanol–water partition coefficient (Wildman–Crippen LogP) is 4.04. The van der Waals surface area contributed by atoms with E-state index in [9.17, 15) is 4.79 Å². The molecular formula is C21H19N3O2S. The van der Waals surface area contributed by atoms with E-state index in [1.165, 1.54) is 5.56 Å². The number of carbonyl (C=O) groups excluding carboxylic acids is 1. The van der Waals surface area contributed by atoms with Crippen molar-refractivity contribution in [3.63, 3.8) is 0 Å². The van der Waals surface area contributed by atoms with Crippen molar-refractivity contribution in [2.24, 2.45) is 0 Å². The van der Waals surface area contributed by atoms with Crippen molar-refractivity contribution in [1.82, 2.24) is 14.7 Å². The fourth-order valence-electron chi connectivity index (χ4n) is 2.85. The first-order valence-corrected chi connectivity index (χ1v) is 9.49. The van der Waals surface area contributed by atoms with Crippen molar-refractivity contribution in [2.45, 2.75) is 6.42 Å². The third kappa shape index (κ3) is 3.85. The van der Waals surface area contributed by atoms with E-state index >= 15 is 0 Å². The lowest BCUT2D eigenvalue weighted by atomic mass is 10.1. The van der Waals surface area contributed by atoms with Crippen LogP contribution in [0.5, 0.6) is 5.75 Å². The Morgan fingerprint density at radius 2 is 1.89 bits per heavy atom. The normalized spacial score (nSPS) is 10.9. The molecule has 1 amide bonds. The zero-order valence-electron chi connectivity index (χ0n) is 14.9. The van der Waals surface area contributed by atoms with Gasteiger partial charge in [-0.15, -0.1) is 0 Å². The largest absolute Gasteiger partial charge is 0.497 e. The number of thiazole rings is 1. The van der Waals surface area contributed by atoms with Gasteiger partial charge in [0.05, 0.1) is 12.0 Å². The van der Waals surface area contributed by atoms with Crippen molar-refractivity contribution in [3.8, 4) is 16.2 Å². The van der Waals surface area contributed by atoms with E-state index in [1.54, 1.807) is 24.6 Å². The maximum atomic E-state index is 12.3. The molecule has 136 valence electrons. The quantitative estimate of drug-likeness (QED) is 0.552. The number of nitrogens with one attached hydrogen (secondary N) is 1. The molecule has 2 aromatic heterocycles. The summed E-state index contributed by atoms with van der Waals surface area (Å²) in [5.74, 6) is 0.683. The molecule has 0 saturated carbocycles. The number of aromatic nitrogens is 2. The molecular weight excluding hydrogens is 358 g/mol. The second-order valence-electron chi connectivity index (χ2n) is 6.13. The van der Waals surface area contributed by atoms with Crippen molar-refractivity contribution < 1.29 is 9.53 Å². The van der Waals surface area contributed by atoms with Crippen LogP contribution < -0.4 is 10.1 Å². The third-order valence-electron chi connectivity index (χ3n) is 4.31. The minimum Gasteiger partial charge on any atom is -0.497 e. The van der Waals surface area contributed by atoms with Gasteiger partial charge >= 0.3 is 0 Å². The highest BCUT2D eigenvalue weighted by atomic mass is 32.1. The number of amides is 1. The average Bonchev–Trinajstić information content (AvgIpc) is 3.28. The van der Waals surface area contributed by atoms with Crippen LogP contribution >= 0.6 is 11.3 Å². The molecule has 0 aliphatic rings. The molecule has 4 aromatic rings. The summed E-state index contributed by atoms with van der Waals surface area (Å²) in [7, 11) is 1.65. The van der Waals surface area contributed by atoms with Crippen molar-refractivity contribution in [2.75, 3.05) is 13.7 Å². The molecule has 4 rings (SSSR count). The van der Waals surface area contributed by atoms with Gasteiger partial charge < -0.3 is 10.1 Å². The van der Waals surface area contributed by atoms with Gasteiger partial charge in [0.15, 0.2) is 4.96 Å². The molecule has 2 heterocycles. The first-order chi connectivity index (χ1) is 13.2. The standard InChI is InChI=1S/C21H19N3O2S/c1-26-17-9-7-16(8-10-17)19-14-24-13-18(23-21(24)27-19)20(25)22-12-11-15-5-3-2-4-6-15/h2-10,13-14H,11-12H2,1H3,(H,22,25). The summed E-state index contributed by atoms with van der Waals surface area (Å²) in [4.78, 5) is 18.7. The number of ether oxygens (including phenoxy) is 1. The maximum Gasteiger partial charge on any atom is 0.271 e. The van der Waals surface area contributed by atoms with Crippen molar-refractivity contribution in [3.05, 3.63) is 78.2 Å². The van der Waals surface area contributed by atoms with E-state index in [1.807, 2.05) is 53.1 Å². The predicted molar refractivity (Wildman–Crippen MR) is 108 cm³/mol. The molecule has 6 heteroatoms. The summed E-state index contributed by atoms with van der Waals surface area (Å²) in [6.07, 6.45) is 4.57. The Bertz CT molecular complexity index is 1020. The molecule has 1 N–H and O–H groups in total. The summed E-state index contributed by atoms with van der Waals surface area (Å²) in [6, 6.07) is 18.0. The molecule has 27 heavy (non-hydrogen) atoms. The fraction of sp³-hybridized carbons (Fsp3) is 0.143. The van der Waals surface area contributed by atoms with Crippen LogP contribution in [0.1, 0.15) is 16.1 Å². The number of nitrogens with zero attached hydrogens (tertiary/aromatic N) is 2. The maximum absolute atomic E-state index is 12.3. The molecule has 0 radical (unpaired) electrons. The van der Waals surface area contributed by atoms with Gasteiger partial charge in [-0.3, -0.25) is 9.20 Å². The number of fused-ring (bicyclic) bond motifs is 1. The topological polar surface area (TPSA) is 55.6 Å². The number of benzene rings is 2. The number of rotatable bonds is 6. The second kappa shape index (κ2) is 7.63. The Balaban J connectivity index is 1.42. The molecule has 2 aromatic carbocycles. The highest BCUT2D eigenvalue weighted by Gasteiger charge is 2.13. The van der Waals surface area contributed by atoms with E-state index in [4.69, 9.17) is 4.74 Å².